The van der Waals surface area contributed by atoms with Crippen LogP contribution >= 0.6 is 0 Å². The van der Waals surface area contributed by atoms with Gasteiger partial charge in [0.1, 0.15) is 0 Å². The molecule has 0 bridgehead atoms. The summed E-state index contributed by atoms with van der Waals surface area (Å²) in [7, 11) is 0. The van der Waals surface area contributed by atoms with Crippen molar-refractivity contribution >= 4 is 22.8 Å². The highest BCUT2D eigenvalue weighted by Gasteiger charge is 2.34. The van der Waals surface area contributed by atoms with E-state index in [9.17, 15) is 0 Å². The van der Waals surface area contributed by atoms with Crippen LogP contribution in [0.2, 0.25) is 0 Å². The van der Waals surface area contributed by atoms with Gasteiger partial charge in [0.15, 0.2) is 0 Å². The molecule has 5 aliphatic rings. The molecule has 228 valence electrons. The van der Waals surface area contributed by atoms with Gasteiger partial charge in [0, 0.05) is 29.6 Å². The molecule has 0 radical (unpaired) electrons. The number of hydrogen-bond donors (Lipinski definition) is 0. The lowest BCUT2D eigenvalue weighted by atomic mass is 9.67. The summed E-state index contributed by atoms with van der Waals surface area (Å²) in [6, 6.07) is 22.6. The van der Waals surface area contributed by atoms with Crippen LogP contribution < -0.4 is 10.4 Å². The molecule has 3 aromatic rings. The average molecular weight is 598 g/mol. The van der Waals surface area contributed by atoms with Crippen molar-refractivity contribution in [1.29, 1.82) is 0 Å². The van der Waals surface area contributed by atoms with Crippen LogP contribution in [-0.2, 0) is 6.42 Å². The number of fused-ring (bicyclic) bond motifs is 3. The van der Waals surface area contributed by atoms with Gasteiger partial charge in [-0.2, -0.15) is 0 Å². The molecule has 5 aliphatic carbocycles. The third-order valence-corrected chi connectivity index (χ3v) is 10.8. The fourth-order valence-corrected chi connectivity index (χ4v) is 8.26. The molecule has 46 heavy (non-hydrogen) atoms. The van der Waals surface area contributed by atoms with E-state index in [2.05, 4.69) is 141 Å². The van der Waals surface area contributed by atoms with E-state index in [0.29, 0.717) is 17.8 Å². The van der Waals surface area contributed by atoms with Gasteiger partial charge < -0.3 is 0 Å². The van der Waals surface area contributed by atoms with E-state index in [0.717, 1.165) is 37.8 Å². The molecular weight excluding hydrogens is 555 g/mol. The minimum atomic E-state index is 0.226. The highest BCUT2D eigenvalue weighted by molar-refractivity contribution is 5.86. The lowest BCUT2D eigenvalue weighted by molar-refractivity contribution is 0.480. The molecule has 0 saturated heterocycles. The Kier molecular flexibility index (Phi) is 7.36. The predicted octanol–water partition coefficient (Wildman–Crippen LogP) is 9.60. The summed E-state index contributed by atoms with van der Waals surface area (Å²) in [5, 5.41) is 2.85. The fourth-order valence-electron chi connectivity index (χ4n) is 8.26. The quantitative estimate of drug-likeness (QED) is 0.292. The molecule has 0 spiro atoms. The normalized spacial score (nSPS) is 23.5. The number of hydrogen-bond acceptors (Lipinski definition) is 1. The number of pyridine rings is 1. The van der Waals surface area contributed by atoms with Crippen LogP contribution in [-0.4, -0.2) is 4.98 Å². The first-order valence-electron chi connectivity index (χ1n) is 17.2. The van der Waals surface area contributed by atoms with E-state index in [4.69, 9.17) is 0 Å². The molecule has 0 N–H and O–H groups in total. The Hall–Kier alpha value is -4.49. The first-order chi connectivity index (χ1) is 22.4. The van der Waals surface area contributed by atoms with E-state index in [-0.39, 0.29) is 5.41 Å². The van der Waals surface area contributed by atoms with Crippen LogP contribution in [0.1, 0.15) is 74.8 Å². The molecule has 1 heteroatoms. The number of benzene rings is 2. The van der Waals surface area contributed by atoms with Crippen molar-refractivity contribution in [3.05, 3.63) is 171 Å². The number of aryl methyl sites for hydroxylation is 1. The summed E-state index contributed by atoms with van der Waals surface area (Å²) in [5.41, 5.74) is 14.5. The first kappa shape index (κ1) is 28.9. The minimum Gasteiger partial charge on any atom is -0.261 e. The lowest BCUT2D eigenvalue weighted by Crippen LogP contribution is -2.41. The molecule has 1 nitrogen and oxygen atoms in total. The molecule has 3 unspecified atom stereocenters. The molecule has 0 saturated carbocycles. The Labute approximate surface area is 274 Å². The Morgan fingerprint density at radius 2 is 1.46 bits per heavy atom. The maximum Gasteiger partial charge on any atom is 0.0475 e. The van der Waals surface area contributed by atoms with Gasteiger partial charge in [-0.25, -0.2) is 0 Å². The number of aromatic nitrogens is 1. The molecule has 0 amide bonds. The number of rotatable bonds is 4. The maximum absolute atomic E-state index is 4.59. The van der Waals surface area contributed by atoms with Crippen molar-refractivity contribution in [2.45, 2.75) is 58.8 Å². The summed E-state index contributed by atoms with van der Waals surface area (Å²) in [6.45, 7) is 7.02. The third-order valence-electron chi connectivity index (χ3n) is 10.8. The van der Waals surface area contributed by atoms with Crippen LogP contribution in [0.25, 0.3) is 22.8 Å². The summed E-state index contributed by atoms with van der Waals surface area (Å²) in [6.07, 6.45) is 31.2. The van der Waals surface area contributed by atoms with Crippen molar-refractivity contribution in [2.75, 3.05) is 0 Å². The maximum atomic E-state index is 4.59. The van der Waals surface area contributed by atoms with E-state index in [1.54, 1.807) is 5.57 Å². The average Bonchev–Trinajstić information content (AvgIpc) is 3.10. The van der Waals surface area contributed by atoms with Crippen LogP contribution in [0.4, 0.5) is 0 Å². The topological polar surface area (TPSA) is 12.9 Å². The largest absolute Gasteiger partial charge is 0.261 e. The van der Waals surface area contributed by atoms with Crippen molar-refractivity contribution in [1.82, 2.24) is 4.98 Å². The minimum absolute atomic E-state index is 0.226. The number of nitrogens with zero attached hydrogens (tertiary/aromatic N) is 1. The zero-order valence-corrected chi connectivity index (χ0v) is 27.3. The van der Waals surface area contributed by atoms with Gasteiger partial charge in [-0.15, -0.1) is 0 Å². The first-order valence-corrected chi connectivity index (χ1v) is 17.2. The van der Waals surface area contributed by atoms with E-state index in [1.807, 2.05) is 12.3 Å². The molecule has 8 rings (SSSR count). The highest BCUT2D eigenvalue weighted by atomic mass is 14.7. The van der Waals surface area contributed by atoms with Crippen molar-refractivity contribution in [2.24, 2.45) is 17.3 Å². The fraction of sp³-hybridized carbons (Fsp3) is 0.267. The lowest BCUT2D eigenvalue weighted by Gasteiger charge is -2.36. The molecule has 3 atom stereocenters. The van der Waals surface area contributed by atoms with Crippen LogP contribution in [0.3, 0.4) is 0 Å². The highest BCUT2D eigenvalue weighted by Crippen LogP contribution is 2.45. The Balaban J connectivity index is 1.20. The van der Waals surface area contributed by atoms with E-state index >= 15 is 0 Å². The van der Waals surface area contributed by atoms with Gasteiger partial charge in [0.2, 0.25) is 0 Å². The molecule has 0 aliphatic heterocycles. The standard InChI is InChI=1S/C45H43N/c1-45(2,3)37-25-23-33(24-26-37)43-38-10-4-6-12-40(38)44(41-13-7-5-11-39(41)43)35-22-18-31-17-21-34(28-36(31)29-35)30-15-19-32(20-16-30)42-14-8-9-27-46-42/h4-17,19,21,23,25,27-29,32,38,40H,18,20,22,24,26H2,1-3H3. The SMILES string of the molecule is CC(C)(C)C1=CC=C(C2=c3ccccc3=C(C3=Cc4cc(C5=CCC(c6ccccn6)C=C5)ccc4CC3)C3C=CC=CC23)CC1. The van der Waals surface area contributed by atoms with Gasteiger partial charge in [0.05, 0.1) is 0 Å². The Bertz CT molecular complexity index is 2050. The van der Waals surface area contributed by atoms with Crippen LogP contribution in [0.5, 0.6) is 0 Å². The van der Waals surface area contributed by atoms with Gasteiger partial charge in [-0.1, -0.05) is 130 Å². The van der Waals surface area contributed by atoms with Gasteiger partial charge in [-0.3, -0.25) is 4.98 Å². The molecule has 0 fully saturated rings. The summed E-state index contributed by atoms with van der Waals surface area (Å²) < 4.78 is 0. The van der Waals surface area contributed by atoms with E-state index < -0.39 is 0 Å². The zero-order chi connectivity index (χ0) is 31.3. The zero-order valence-electron chi connectivity index (χ0n) is 27.3. The summed E-state index contributed by atoms with van der Waals surface area (Å²) >= 11 is 0. The predicted molar refractivity (Wildman–Crippen MR) is 194 cm³/mol. The second kappa shape index (κ2) is 11.7. The van der Waals surface area contributed by atoms with E-state index in [1.165, 1.54) is 55.0 Å². The molecule has 1 aromatic heterocycles. The Morgan fingerprint density at radius 1 is 0.717 bits per heavy atom. The van der Waals surface area contributed by atoms with Gasteiger partial charge in [0.25, 0.3) is 0 Å². The second-order valence-electron chi connectivity index (χ2n) is 14.5. The van der Waals surface area contributed by atoms with Gasteiger partial charge >= 0.3 is 0 Å². The third kappa shape index (κ3) is 5.26. The van der Waals surface area contributed by atoms with Crippen LogP contribution in [0, 0.1) is 17.3 Å². The van der Waals surface area contributed by atoms with Crippen molar-refractivity contribution in [3.8, 4) is 0 Å². The number of allylic oxidation sites excluding steroid dienone is 13. The second-order valence-corrected chi connectivity index (χ2v) is 14.5. The molecule has 1 heterocycles. The monoisotopic (exact) mass is 597 g/mol. The Morgan fingerprint density at radius 3 is 2.11 bits per heavy atom. The van der Waals surface area contributed by atoms with Gasteiger partial charge in [-0.05, 0) is 111 Å². The summed E-state index contributed by atoms with van der Waals surface area (Å²) in [5.74, 6) is 1.07. The van der Waals surface area contributed by atoms with Crippen molar-refractivity contribution in [3.63, 3.8) is 0 Å². The smallest absolute Gasteiger partial charge is 0.0475 e. The molecular formula is C45H43N. The van der Waals surface area contributed by atoms with Crippen LogP contribution in [0.15, 0.2) is 138 Å². The summed E-state index contributed by atoms with van der Waals surface area (Å²) in [4.78, 5) is 4.59. The molecule has 2 aromatic carbocycles. The van der Waals surface area contributed by atoms with Crippen molar-refractivity contribution < 1.29 is 0 Å².